The van der Waals surface area contributed by atoms with Crippen molar-refractivity contribution < 1.29 is 19.4 Å². The fourth-order valence-electron chi connectivity index (χ4n) is 1.28. The predicted molar refractivity (Wildman–Crippen MR) is 64.4 cm³/mol. The van der Waals surface area contributed by atoms with Crippen molar-refractivity contribution in [1.82, 2.24) is 14.9 Å². The number of rotatable bonds is 5. The molecule has 2 N–H and O–H groups in total. The molecule has 1 rings (SSSR count). The number of aliphatic hydroxyl groups is 1. The Morgan fingerprint density at radius 1 is 1.50 bits per heavy atom. The first-order chi connectivity index (χ1) is 8.51. The normalized spacial score (nSPS) is 12.3. The Morgan fingerprint density at radius 3 is 2.67 bits per heavy atom. The summed E-state index contributed by atoms with van der Waals surface area (Å²) in [6, 6.07) is -1.08. The van der Waals surface area contributed by atoms with Gasteiger partial charge in [-0.2, -0.15) is 0 Å². The van der Waals surface area contributed by atoms with Gasteiger partial charge in [-0.1, -0.05) is 18.3 Å². The van der Waals surface area contributed by atoms with Crippen molar-refractivity contribution in [3.63, 3.8) is 0 Å². The lowest BCUT2D eigenvalue weighted by atomic mass is 10.1. The van der Waals surface area contributed by atoms with Crippen LogP contribution in [0.1, 0.15) is 35.1 Å². The molecule has 1 amide bonds. The van der Waals surface area contributed by atoms with Crippen LogP contribution in [0.15, 0.2) is 0 Å². The number of methoxy groups -OCH3 is 1. The van der Waals surface area contributed by atoms with E-state index in [4.69, 9.17) is 5.11 Å². The van der Waals surface area contributed by atoms with Gasteiger partial charge in [-0.3, -0.25) is 4.79 Å². The van der Waals surface area contributed by atoms with Crippen LogP contribution in [0, 0.1) is 0 Å². The number of hydrogen-bond acceptors (Lipinski definition) is 7. The molecule has 0 saturated heterocycles. The number of nitrogens with zero attached hydrogens (tertiary/aromatic N) is 2. The maximum Gasteiger partial charge on any atom is 0.330 e. The zero-order valence-electron chi connectivity index (χ0n) is 10.3. The van der Waals surface area contributed by atoms with E-state index >= 15 is 0 Å². The topological polar surface area (TPSA) is 101 Å². The quantitative estimate of drug-likeness (QED) is 0.728. The van der Waals surface area contributed by atoms with Crippen molar-refractivity contribution in [2.75, 3.05) is 13.7 Å². The van der Waals surface area contributed by atoms with Crippen LogP contribution in [0.3, 0.4) is 0 Å². The number of aromatic nitrogens is 2. The third-order valence-electron chi connectivity index (χ3n) is 2.24. The Bertz CT molecular complexity index is 433. The number of carbonyl (C=O) groups excluding carboxylic acids is 2. The molecule has 0 unspecified atom stereocenters. The number of hydrogen-bond donors (Lipinski definition) is 2. The molecule has 18 heavy (non-hydrogen) atoms. The first-order valence-electron chi connectivity index (χ1n) is 5.33. The van der Waals surface area contributed by atoms with Gasteiger partial charge in [0, 0.05) is 0 Å². The highest BCUT2D eigenvalue weighted by Crippen LogP contribution is 2.19. The van der Waals surface area contributed by atoms with Crippen molar-refractivity contribution in [3.05, 3.63) is 10.6 Å². The van der Waals surface area contributed by atoms with E-state index < -0.39 is 24.5 Å². The van der Waals surface area contributed by atoms with Gasteiger partial charge in [0.25, 0.3) is 5.91 Å². The van der Waals surface area contributed by atoms with Gasteiger partial charge in [-0.15, -0.1) is 5.10 Å². The molecule has 0 fully saturated rings. The zero-order chi connectivity index (χ0) is 13.7. The minimum atomic E-state index is -1.08. The fraction of sp³-hybridized carbons (Fsp3) is 0.600. The van der Waals surface area contributed by atoms with Crippen LogP contribution in [0.4, 0.5) is 0 Å². The van der Waals surface area contributed by atoms with E-state index in [0.29, 0.717) is 10.6 Å². The summed E-state index contributed by atoms with van der Waals surface area (Å²) < 4.78 is 8.17. The van der Waals surface area contributed by atoms with Gasteiger partial charge in [0.2, 0.25) is 0 Å². The third kappa shape index (κ3) is 3.23. The van der Waals surface area contributed by atoms with E-state index in [1.54, 1.807) is 0 Å². The van der Waals surface area contributed by atoms with Crippen molar-refractivity contribution in [2.24, 2.45) is 0 Å². The molecule has 7 nitrogen and oxygen atoms in total. The lowest BCUT2D eigenvalue weighted by Gasteiger charge is -2.13. The summed E-state index contributed by atoms with van der Waals surface area (Å²) in [4.78, 5) is 23.5. The predicted octanol–water partition coefficient (Wildman–Crippen LogP) is -0.0748. The molecule has 8 heteroatoms. The highest BCUT2D eigenvalue weighted by molar-refractivity contribution is 7.08. The average molecular weight is 273 g/mol. The monoisotopic (exact) mass is 273 g/mol. The summed E-state index contributed by atoms with van der Waals surface area (Å²) in [5.41, 5.74) is 0.569. The number of nitrogens with one attached hydrogen (secondary N) is 1. The first kappa shape index (κ1) is 14.5. The fourth-order valence-corrected chi connectivity index (χ4v) is 2.00. The van der Waals surface area contributed by atoms with Crippen molar-refractivity contribution in [2.45, 2.75) is 25.8 Å². The van der Waals surface area contributed by atoms with Crippen LogP contribution in [0.25, 0.3) is 0 Å². The minimum absolute atomic E-state index is 0.0511. The standard InChI is InChI=1S/C10H15N3O4S/c1-5(2)7-8(18-13-12-7)9(15)11-6(4-14)10(16)17-3/h5-6,14H,4H2,1-3H3,(H,11,15)/t6-/m0/s1. The number of carbonyl (C=O) groups is 2. The Hall–Kier alpha value is -1.54. The van der Waals surface area contributed by atoms with Gasteiger partial charge < -0.3 is 15.2 Å². The molecule has 1 aromatic rings. The molecule has 0 aliphatic carbocycles. The smallest absolute Gasteiger partial charge is 0.330 e. The van der Waals surface area contributed by atoms with Gasteiger partial charge in [-0.25, -0.2) is 4.79 Å². The summed E-state index contributed by atoms with van der Waals surface area (Å²) in [7, 11) is 1.19. The molecule has 0 aliphatic heterocycles. The van der Waals surface area contributed by atoms with E-state index in [2.05, 4.69) is 19.6 Å². The molecule has 100 valence electrons. The molecule has 0 saturated carbocycles. The Morgan fingerprint density at radius 2 is 2.17 bits per heavy atom. The summed E-state index contributed by atoms with van der Waals surface area (Å²) in [5, 5.41) is 15.3. The molecule has 0 bridgehead atoms. The van der Waals surface area contributed by atoms with Crippen LogP contribution in [-0.4, -0.2) is 46.3 Å². The first-order valence-corrected chi connectivity index (χ1v) is 6.10. The van der Waals surface area contributed by atoms with Crippen LogP contribution < -0.4 is 5.32 Å². The van der Waals surface area contributed by atoms with Crippen molar-refractivity contribution in [1.29, 1.82) is 0 Å². The highest BCUT2D eigenvalue weighted by atomic mass is 32.1. The summed E-state index contributed by atoms with van der Waals surface area (Å²) >= 11 is 0.951. The van der Waals surface area contributed by atoms with Gasteiger partial charge in [-0.05, 0) is 17.5 Å². The van der Waals surface area contributed by atoms with Crippen LogP contribution in [-0.2, 0) is 9.53 Å². The van der Waals surface area contributed by atoms with E-state index in [1.165, 1.54) is 7.11 Å². The largest absolute Gasteiger partial charge is 0.467 e. The van der Waals surface area contributed by atoms with Gasteiger partial charge in [0.05, 0.1) is 19.4 Å². The third-order valence-corrected chi connectivity index (χ3v) is 2.98. The molecular weight excluding hydrogens is 258 g/mol. The lowest BCUT2D eigenvalue weighted by molar-refractivity contribution is -0.143. The molecule has 0 spiro atoms. The molecule has 1 aromatic heterocycles. The molecular formula is C10H15N3O4S. The average Bonchev–Trinajstić information content (AvgIpc) is 2.84. The molecule has 0 aromatic carbocycles. The number of esters is 1. The van der Waals surface area contributed by atoms with Crippen LogP contribution in [0.2, 0.25) is 0 Å². The summed E-state index contributed by atoms with van der Waals surface area (Å²) in [6.07, 6.45) is 0. The highest BCUT2D eigenvalue weighted by Gasteiger charge is 2.25. The van der Waals surface area contributed by atoms with E-state index in [0.717, 1.165) is 11.5 Å². The van der Waals surface area contributed by atoms with E-state index in [-0.39, 0.29) is 5.92 Å². The van der Waals surface area contributed by atoms with Crippen molar-refractivity contribution >= 4 is 23.4 Å². The summed E-state index contributed by atoms with van der Waals surface area (Å²) in [6.45, 7) is 3.25. The van der Waals surface area contributed by atoms with E-state index in [9.17, 15) is 9.59 Å². The van der Waals surface area contributed by atoms with Crippen molar-refractivity contribution in [3.8, 4) is 0 Å². The van der Waals surface area contributed by atoms with Crippen LogP contribution in [0.5, 0.6) is 0 Å². The summed E-state index contributed by atoms with van der Waals surface area (Å²) in [5.74, 6) is -1.14. The minimum Gasteiger partial charge on any atom is -0.467 e. The van der Waals surface area contributed by atoms with Crippen LogP contribution >= 0.6 is 11.5 Å². The number of amides is 1. The maximum atomic E-state index is 11.9. The Kier molecular flexibility index (Phi) is 5.17. The molecule has 0 aliphatic rings. The van der Waals surface area contributed by atoms with Gasteiger partial charge in [0.1, 0.15) is 4.88 Å². The number of aliphatic hydroxyl groups excluding tert-OH is 1. The second kappa shape index (κ2) is 6.41. The lowest BCUT2D eigenvalue weighted by Crippen LogP contribution is -2.44. The molecule has 0 radical (unpaired) electrons. The van der Waals surface area contributed by atoms with E-state index in [1.807, 2.05) is 13.8 Å². The second-order valence-corrected chi connectivity index (χ2v) is 4.63. The Balaban J connectivity index is 2.81. The number of ether oxygens (including phenoxy) is 1. The SMILES string of the molecule is COC(=O)[C@H](CO)NC(=O)c1snnc1C(C)C. The molecule has 1 atom stereocenters. The second-order valence-electron chi connectivity index (χ2n) is 3.87. The van der Waals surface area contributed by atoms with Gasteiger partial charge in [0.15, 0.2) is 6.04 Å². The Labute approximate surface area is 108 Å². The van der Waals surface area contributed by atoms with Gasteiger partial charge >= 0.3 is 5.97 Å². The zero-order valence-corrected chi connectivity index (χ0v) is 11.2. The maximum absolute atomic E-state index is 11.9. The molecule has 1 heterocycles.